The van der Waals surface area contributed by atoms with E-state index in [2.05, 4.69) is 51.8 Å². The van der Waals surface area contributed by atoms with Gasteiger partial charge >= 0.3 is 0 Å². The van der Waals surface area contributed by atoms with Gasteiger partial charge in [-0.15, -0.1) is 0 Å². The van der Waals surface area contributed by atoms with Crippen LogP contribution in [0.5, 0.6) is 0 Å². The molecule has 0 bridgehead atoms. The molecule has 2 amide bonds. The van der Waals surface area contributed by atoms with E-state index in [9.17, 15) is 9.59 Å². The van der Waals surface area contributed by atoms with Crippen LogP contribution in [0.25, 0.3) is 0 Å². The van der Waals surface area contributed by atoms with E-state index in [1.807, 2.05) is 37.2 Å². The lowest BCUT2D eigenvalue weighted by atomic mass is 9.90. The fraction of sp³-hybridized carbons (Fsp3) is 0.692. The Morgan fingerprint density at radius 3 is 2.23 bits per heavy atom. The third kappa shape index (κ3) is 7.26. The summed E-state index contributed by atoms with van der Waals surface area (Å²) in [5, 5.41) is 3.12. The van der Waals surface area contributed by atoms with Crippen LogP contribution in [0.1, 0.15) is 79.2 Å². The number of anilines is 2. The summed E-state index contributed by atoms with van der Waals surface area (Å²) < 4.78 is 0. The number of carbonyl (C=O) groups is 2. The van der Waals surface area contributed by atoms with Crippen molar-refractivity contribution in [2.45, 2.75) is 86.2 Å². The Bertz CT molecular complexity index is 758. The van der Waals surface area contributed by atoms with Crippen LogP contribution in [0.2, 0.25) is 0 Å². The number of nitrogens with one attached hydrogen (secondary N) is 1. The Morgan fingerprint density at radius 2 is 1.71 bits per heavy atom. The molecule has 1 aromatic rings. The van der Waals surface area contributed by atoms with Crippen LogP contribution in [-0.4, -0.2) is 36.9 Å². The van der Waals surface area contributed by atoms with E-state index < -0.39 is 0 Å². The van der Waals surface area contributed by atoms with Gasteiger partial charge in [0.2, 0.25) is 11.8 Å². The van der Waals surface area contributed by atoms with Gasteiger partial charge in [-0.3, -0.25) is 9.59 Å². The van der Waals surface area contributed by atoms with Crippen molar-refractivity contribution in [2.24, 2.45) is 17.3 Å². The number of hydrogen-bond donors (Lipinski definition) is 1. The predicted octanol–water partition coefficient (Wildman–Crippen LogP) is 5.69. The minimum atomic E-state index is -0.0620. The molecule has 0 aliphatic heterocycles. The smallest absolute Gasteiger partial charge is 0.227 e. The van der Waals surface area contributed by atoms with Crippen LogP contribution < -0.4 is 10.2 Å². The number of hydrogen-bond acceptors (Lipinski definition) is 3. The largest absolute Gasteiger partial charge is 0.377 e. The first-order chi connectivity index (χ1) is 14.4. The zero-order valence-electron chi connectivity index (χ0n) is 20.9. The fourth-order valence-corrected chi connectivity index (χ4v) is 4.22. The molecule has 1 aliphatic rings. The standard InChI is InChI=1S/C26H43N3O2/c1-18(2)19(3)29(24(30)16-26(4,5)6)17-21-15-22(13-14-23(21)28(7)8)27-25(31)20-11-9-10-12-20/h13-15,18-20H,9-12,16-17H2,1-8H3,(H,27,31). The van der Waals surface area contributed by atoms with Crippen LogP contribution in [0, 0.1) is 17.3 Å². The molecule has 1 atom stereocenters. The van der Waals surface area contributed by atoms with Gasteiger partial charge in [0.1, 0.15) is 0 Å². The van der Waals surface area contributed by atoms with Crippen molar-refractivity contribution >= 4 is 23.2 Å². The quantitative estimate of drug-likeness (QED) is 0.577. The van der Waals surface area contributed by atoms with Gasteiger partial charge < -0.3 is 15.1 Å². The third-order valence-electron chi connectivity index (χ3n) is 6.35. The molecule has 1 unspecified atom stereocenters. The molecule has 1 saturated carbocycles. The van der Waals surface area contributed by atoms with Crippen molar-refractivity contribution in [3.63, 3.8) is 0 Å². The van der Waals surface area contributed by atoms with E-state index in [-0.39, 0.29) is 29.2 Å². The normalized spacial score (nSPS) is 15.8. The molecule has 5 heteroatoms. The van der Waals surface area contributed by atoms with Crippen molar-refractivity contribution in [2.75, 3.05) is 24.3 Å². The molecule has 0 aromatic heterocycles. The predicted molar refractivity (Wildman–Crippen MR) is 130 cm³/mol. The van der Waals surface area contributed by atoms with Gasteiger partial charge in [0.15, 0.2) is 0 Å². The van der Waals surface area contributed by atoms with Crippen LogP contribution >= 0.6 is 0 Å². The summed E-state index contributed by atoms with van der Waals surface area (Å²) in [5.74, 6) is 0.788. The Hall–Kier alpha value is -2.04. The van der Waals surface area contributed by atoms with Crippen molar-refractivity contribution in [1.82, 2.24) is 4.90 Å². The van der Waals surface area contributed by atoms with Crippen LogP contribution in [0.3, 0.4) is 0 Å². The highest BCUT2D eigenvalue weighted by Gasteiger charge is 2.28. The third-order valence-corrected chi connectivity index (χ3v) is 6.35. The van der Waals surface area contributed by atoms with E-state index in [1.165, 1.54) is 0 Å². The topological polar surface area (TPSA) is 52.7 Å². The van der Waals surface area contributed by atoms with Gasteiger partial charge in [-0.1, -0.05) is 47.5 Å². The van der Waals surface area contributed by atoms with Crippen molar-refractivity contribution in [1.29, 1.82) is 0 Å². The summed E-state index contributed by atoms with van der Waals surface area (Å²) >= 11 is 0. The Morgan fingerprint density at radius 1 is 1.10 bits per heavy atom. The molecule has 1 fully saturated rings. The highest BCUT2D eigenvalue weighted by molar-refractivity contribution is 5.93. The zero-order chi connectivity index (χ0) is 23.3. The van der Waals surface area contributed by atoms with Crippen molar-refractivity contribution in [3.05, 3.63) is 23.8 Å². The number of nitrogens with zero attached hydrogens (tertiary/aromatic N) is 2. The number of rotatable bonds is 8. The Balaban J connectivity index is 2.32. The summed E-state index contributed by atoms with van der Waals surface area (Å²) in [5.41, 5.74) is 2.89. The first kappa shape index (κ1) is 25.2. The second-order valence-corrected chi connectivity index (χ2v) is 11.0. The van der Waals surface area contributed by atoms with Gasteiger partial charge in [-0.05, 0) is 54.9 Å². The minimum absolute atomic E-state index is 0.0620. The first-order valence-corrected chi connectivity index (χ1v) is 11.8. The molecular weight excluding hydrogens is 386 g/mol. The molecular formula is C26H43N3O2. The highest BCUT2D eigenvalue weighted by atomic mass is 16.2. The summed E-state index contributed by atoms with van der Waals surface area (Å²) in [4.78, 5) is 30.0. The average Bonchev–Trinajstić information content (AvgIpc) is 3.18. The second kappa shape index (κ2) is 10.5. The molecule has 1 aliphatic carbocycles. The molecule has 1 aromatic carbocycles. The monoisotopic (exact) mass is 429 g/mol. The molecule has 1 N–H and O–H groups in total. The Kier molecular flexibility index (Phi) is 8.56. The van der Waals surface area contributed by atoms with E-state index in [0.717, 1.165) is 42.6 Å². The Labute approximate surface area is 189 Å². The van der Waals surface area contributed by atoms with Crippen molar-refractivity contribution < 1.29 is 9.59 Å². The van der Waals surface area contributed by atoms with Crippen LogP contribution in [-0.2, 0) is 16.1 Å². The van der Waals surface area contributed by atoms with E-state index in [4.69, 9.17) is 0 Å². The maximum absolute atomic E-state index is 13.3. The number of carbonyl (C=O) groups excluding carboxylic acids is 2. The summed E-state index contributed by atoms with van der Waals surface area (Å²) in [6.45, 7) is 13.3. The average molecular weight is 430 g/mol. The highest BCUT2D eigenvalue weighted by Crippen LogP contribution is 2.30. The van der Waals surface area contributed by atoms with Gasteiger partial charge in [-0.25, -0.2) is 0 Å². The molecule has 0 spiro atoms. The zero-order valence-corrected chi connectivity index (χ0v) is 20.9. The minimum Gasteiger partial charge on any atom is -0.377 e. The van der Waals surface area contributed by atoms with E-state index >= 15 is 0 Å². The maximum Gasteiger partial charge on any atom is 0.227 e. The molecule has 2 rings (SSSR count). The molecule has 31 heavy (non-hydrogen) atoms. The maximum atomic E-state index is 13.3. The van der Waals surface area contributed by atoms with Gasteiger partial charge in [0.25, 0.3) is 0 Å². The molecule has 174 valence electrons. The van der Waals surface area contributed by atoms with Crippen molar-refractivity contribution in [3.8, 4) is 0 Å². The second-order valence-electron chi connectivity index (χ2n) is 11.0. The van der Waals surface area contributed by atoms with Crippen LogP contribution in [0.15, 0.2) is 18.2 Å². The summed E-state index contributed by atoms with van der Waals surface area (Å²) in [6, 6.07) is 6.19. The first-order valence-electron chi connectivity index (χ1n) is 11.8. The van der Waals surface area contributed by atoms with Crippen LogP contribution in [0.4, 0.5) is 11.4 Å². The lowest BCUT2D eigenvalue weighted by molar-refractivity contribution is -0.136. The number of amides is 2. The molecule has 0 saturated heterocycles. The fourth-order valence-electron chi connectivity index (χ4n) is 4.22. The summed E-state index contributed by atoms with van der Waals surface area (Å²) in [6.07, 6.45) is 4.76. The SMILES string of the molecule is CC(C)C(C)N(Cc1cc(NC(=O)C2CCCC2)ccc1N(C)C)C(=O)CC(C)(C)C. The van der Waals surface area contributed by atoms with E-state index in [1.54, 1.807) is 0 Å². The van der Waals surface area contributed by atoms with Gasteiger partial charge in [0.05, 0.1) is 0 Å². The lowest BCUT2D eigenvalue weighted by Gasteiger charge is -2.35. The molecule has 0 radical (unpaired) electrons. The van der Waals surface area contributed by atoms with E-state index in [0.29, 0.717) is 18.9 Å². The summed E-state index contributed by atoms with van der Waals surface area (Å²) in [7, 11) is 4.03. The lowest BCUT2D eigenvalue weighted by Crippen LogP contribution is -2.42. The number of benzene rings is 1. The van der Waals surface area contributed by atoms with Gasteiger partial charge in [0, 0.05) is 50.4 Å². The van der Waals surface area contributed by atoms with Gasteiger partial charge in [-0.2, -0.15) is 0 Å². The molecule has 0 heterocycles. The molecule has 5 nitrogen and oxygen atoms in total.